The van der Waals surface area contributed by atoms with Crippen molar-refractivity contribution in [1.29, 1.82) is 0 Å². The Morgan fingerprint density at radius 2 is 1.95 bits per heavy atom. The van der Waals surface area contributed by atoms with E-state index in [0.29, 0.717) is 24.5 Å². The molecule has 0 spiro atoms. The summed E-state index contributed by atoms with van der Waals surface area (Å²) in [7, 11) is 0. The molecule has 0 bridgehead atoms. The third-order valence-corrected chi connectivity index (χ3v) is 8.55. The molecule has 1 saturated carbocycles. The molecule has 1 aliphatic carbocycles. The Balaban J connectivity index is 1.55. The van der Waals surface area contributed by atoms with Gasteiger partial charge in [0.1, 0.15) is 11.8 Å². The highest BCUT2D eigenvalue weighted by atomic mass is 32.1. The molecule has 1 aromatic carbocycles. The van der Waals surface area contributed by atoms with Crippen LogP contribution in [-0.2, 0) is 13.1 Å². The lowest BCUT2D eigenvalue weighted by atomic mass is 9.94. The summed E-state index contributed by atoms with van der Waals surface area (Å²) in [6.07, 6.45) is 7.34. The topological polar surface area (TPSA) is 92.8 Å². The average molecular weight is 529 g/mol. The molecule has 1 atom stereocenters. The molecule has 8 nitrogen and oxygen atoms in total. The third kappa shape index (κ3) is 4.83. The number of tetrazole rings is 1. The number of nitrogens with zero attached hydrogens (tertiary/aromatic N) is 5. The predicted octanol–water partition coefficient (Wildman–Crippen LogP) is 6.08. The van der Waals surface area contributed by atoms with Crippen molar-refractivity contribution in [2.45, 2.75) is 71.1 Å². The minimum atomic E-state index is -0.466. The van der Waals surface area contributed by atoms with Gasteiger partial charge in [0.2, 0.25) is 0 Å². The Bertz CT molecular complexity index is 1530. The summed E-state index contributed by atoms with van der Waals surface area (Å²) in [4.78, 5) is 20.5. The van der Waals surface area contributed by atoms with Gasteiger partial charge < -0.3 is 9.40 Å². The van der Waals surface area contributed by atoms with Crippen LogP contribution in [0.15, 0.2) is 63.3 Å². The number of furan rings is 1. The van der Waals surface area contributed by atoms with E-state index in [1.165, 1.54) is 11.3 Å². The number of hydrogen-bond donors (Lipinski definition) is 1. The SMILES string of the molecule is Cc1ccc(C)c2[nH]c(=O)c(C(c3nnnn3C3CCCCC3)N(Cc3ccco3)Cc3cccs3)cc12. The predicted molar refractivity (Wildman–Crippen MR) is 148 cm³/mol. The highest BCUT2D eigenvalue weighted by Gasteiger charge is 2.33. The monoisotopic (exact) mass is 528 g/mol. The Morgan fingerprint density at radius 1 is 1.11 bits per heavy atom. The number of nitrogens with one attached hydrogen (secondary N) is 1. The summed E-state index contributed by atoms with van der Waals surface area (Å²) in [5, 5.41) is 16.3. The number of benzene rings is 1. The Labute approximate surface area is 225 Å². The van der Waals surface area contributed by atoms with Gasteiger partial charge in [-0.2, -0.15) is 0 Å². The van der Waals surface area contributed by atoms with Gasteiger partial charge in [0.15, 0.2) is 5.82 Å². The van der Waals surface area contributed by atoms with Crippen LogP contribution in [0.25, 0.3) is 10.9 Å². The van der Waals surface area contributed by atoms with Crippen molar-refractivity contribution in [3.63, 3.8) is 0 Å². The van der Waals surface area contributed by atoms with Gasteiger partial charge in [0, 0.05) is 22.4 Å². The van der Waals surface area contributed by atoms with E-state index in [1.807, 2.05) is 35.9 Å². The molecule has 0 amide bonds. The summed E-state index contributed by atoms with van der Waals surface area (Å²) in [5.41, 5.74) is 3.56. The van der Waals surface area contributed by atoms with Gasteiger partial charge in [-0.15, -0.1) is 16.4 Å². The Kier molecular flexibility index (Phi) is 6.95. The van der Waals surface area contributed by atoms with Crippen LogP contribution < -0.4 is 5.56 Å². The lowest BCUT2D eigenvalue weighted by Gasteiger charge is -2.32. The first-order valence-corrected chi connectivity index (χ1v) is 14.2. The summed E-state index contributed by atoms with van der Waals surface area (Å²) in [5.74, 6) is 1.53. The number of aromatic amines is 1. The Morgan fingerprint density at radius 3 is 2.71 bits per heavy atom. The van der Waals surface area contributed by atoms with Crippen molar-refractivity contribution in [2.75, 3.05) is 0 Å². The van der Waals surface area contributed by atoms with Crippen LogP contribution in [0, 0.1) is 13.8 Å². The number of pyridine rings is 1. The van der Waals surface area contributed by atoms with Gasteiger partial charge in [-0.1, -0.05) is 37.5 Å². The number of aromatic nitrogens is 5. The molecule has 1 N–H and O–H groups in total. The summed E-state index contributed by atoms with van der Waals surface area (Å²) in [6, 6.07) is 14.0. The first kappa shape index (κ1) is 24.8. The van der Waals surface area contributed by atoms with E-state index < -0.39 is 6.04 Å². The zero-order chi connectivity index (χ0) is 26.1. The van der Waals surface area contributed by atoms with Crippen LogP contribution in [-0.4, -0.2) is 30.1 Å². The van der Waals surface area contributed by atoms with Crippen LogP contribution in [0.1, 0.15) is 77.3 Å². The smallest absolute Gasteiger partial charge is 0.253 e. The average Bonchev–Trinajstić information content (AvgIpc) is 3.72. The number of rotatable bonds is 8. The summed E-state index contributed by atoms with van der Waals surface area (Å²) >= 11 is 1.70. The molecular formula is C29H32N6O2S. The fourth-order valence-corrected chi connectivity index (χ4v) is 6.43. The van der Waals surface area contributed by atoms with Crippen molar-refractivity contribution in [2.24, 2.45) is 0 Å². The second kappa shape index (κ2) is 10.7. The zero-order valence-corrected chi connectivity index (χ0v) is 22.6. The largest absolute Gasteiger partial charge is 0.468 e. The second-order valence-corrected chi connectivity index (χ2v) is 11.3. The normalized spacial score (nSPS) is 15.4. The van der Waals surface area contributed by atoms with Crippen molar-refractivity contribution in [1.82, 2.24) is 30.1 Å². The minimum Gasteiger partial charge on any atom is -0.468 e. The van der Waals surface area contributed by atoms with Gasteiger partial charge in [-0.25, -0.2) is 4.68 Å². The molecule has 4 heterocycles. The quantitative estimate of drug-likeness (QED) is 0.262. The third-order valence-electron chi connectivity index (χ3n) is 7.69. The summed E-state index contributed by atoms with van der Waals surface area (Å²) < 4.78 is 7.77. The first-order chi connectivity index (χ1) is 18.6. The van der Waals surface area contributed by atoms with Crippen LogP contribution in [0.4, 0.5) is 0 Å². The van der Waals surface area contributed by atoms with Gasteiger partial charge in [0.25, 0.3) is 5.56 Å². The molecular weight excluding hydrogens is 496 g/mol. The molecule has 9 heteroatoms. The number of thiophene rings is 1. The van der Waals surface area contributed by atoms with E-state index in [1.54, 1.807) is 17.6 Å². The maximum atomic E-state index is 13.8. The van der Waals surface area contributed by atoms with E-state index in [4.69, 9.17) is 4.42 Å². The molecule has 0 radical (unpaired) electrons. The fourth-order valence-electron chi connectivity index (χ4n) is 5.70. The van der Waals surface area contributed by atoms with Gasteiger partial charge in [-0.3, -0.25) is 9.69 Å². The fraction of sp³-hybridized carbons (Fsp3) is 0.379. The van der Waals surface area contributed by atoms with E-state index in [0.717, 1.165) is 53.5 Å². The van der Waals surface area contributed by atoms with E-state index >= 15 is 0 Å². The first-order valence-electron chi connectivity index (χ1n) is 13.3. The highest BCUT2D eigenvalue weighted by Crippen LogP contribution is 2.35. The van der Waals surface area contributed by atoms with Crippen LogP contribution >= 0.6 is 11.3 Å². The molecule has 0 saturated heterocycles. The van der Waals surface area contributed by atoms with Crippen molar-refractivity contribution >= 4 is 22.2 Å². The van der Waals surface area contributed by atoms with E-state index in [9.17, 15) is 4.79 Å². The molecule has 6 rings (SSSR count). The molecule has 5 aromatic rings. The zero-order valence-electron chi connectivity index (χ0n) is 21.8. The molecule has 1 fully saturated rings. The van der Waals surface area contributed by atoms with Crippen molar-refractivity contribution in [3.8, 4) is 0 Å². The maximum absolute atomic E-state index is 13.8. The molecule has 4 aromatic heterocycles. The van der Waals surface area contributed by atoms with Gasteiger partial charge >= 0.3 is 0 Å². The number of fused-ring (bicyclic) bond motifs is 1. The lowest BCUT2D eigenvalue weighted by Crippen LogP contribution is -2.35. The standard InChI is InChI=1S/C29H32N6O2S/c1-19-12-13-20(2)26-24(19)16-25(29(36)30-26)27(28-31-32-33-35(28)21-8-4-3-5-9-21)34(17-22-10-6-14-37-22)18-23-11-7-15-38-23/h6-7,10-16,21,27H,3-5,8-9,17-18H2,1-2H3,(H,30,36). The van der Waals surface area contributed by atoms with Crippen LogP contribution in [0.3, 0.4) is 0 Å². The van der Waals surface area contributed by atoms with Gasteiger partial charge in [-0.05, 0) is 77.9 Å². The van der Waals surface area contributed by atoms with E-state index in [-0.39, 0.29) is 11.6 Å². The number of hydrogen-bond acceptors (Lipinski definition) is 7. The van der Waals surface area contributed by atoms with Gasteiger partial charge in [0.05, 0.1) is 24.4 Å². The van der Waals surface area contributed by atoms with Crippen LogP contribution in [0.5, 0.6) is 0 Å². The minimum absolute atomic E-state index is 0.120. The highest BCUT2D eigenvalue weighted by molar-refractivity contribution is 7.09. The molecule has 1 aliphatic rings. The molecule has 196 valence electrons. The van der Waals surface area contributed by atoms with Crippen molar-refractivity contribution in [3.05, 3.63) is 97.6 Å². The molecule has 38 heavy (non-hydrogen) atoms. The number of H-pyrrole nitrogens is 1. The summed E-state index contributed by atoms with van der Waals surface area (Å²) in [6.45, 7) is 5.25. The van der Waals surface area contributed by atoms with E-state index in [2.05, 4.69) is 55.9 Å². The molecule has 0 aliphatic heterocycles. The lowest BCUT2D eigenvalue weighted by molar-refractivity contribution is 0.175. The van der Waals surface area contributed by atoms with Crippen LogP contribution in [0.2, 0.25) is 0 Å². The number of aryl methyl sites for hydroxylation is 2. The second-order valence-electron chi connectivity index (χ2n) is 10.3. The Hall–Kier alpha value is -3.56. The van der Waals surface area contributed by atoms with Crippen molar-refractivity contribution < 1.29 is 4.42 Å². The molecule has 1 unspecified atom stereocenters. The maximum Gasteiger partial charge on any atom is 0.253 e.